The van der Waals surface area contributed by atoms with Crippen LogP contribution in [-0.2, 0) is 14.9 Å². The Kier molecular flexibility index (Phi) is 4.82. The predicted octanol–water partition coefficient (Wildman–Crippen LogP) is 5.72. The maximum absolute atomic E-state index is 12.8. The van der Waals surface area contributed by atoms with Gasteiger partial charge in [-0.2, -0.15) is 0 Å². The van der Waals surface area contributed by atoms with Crippen LogP contribution < -0.4 is 5.32 Å². The second-order valence-corrected chi connectivity index (χ2v) is 10.7. The summed E-state index contributed by atoms with van der Waals surface area (Å²) < 4.78 is 5.63. The highest BCUT2D eigenvalue weighted by atomic mass is 16.5. The molecule has 3 aromatic carbocycles. The van der Waals surface area contributed by atoms with Crippen LogP contribution in [0.2, 0.25) is 0 Å². The van der Waals surface area contributed by atoms with E-state index in [9.17, 15) is 14.7 Å². The van der Waals surface area contributed by atoms with Crippen LogP contribution in [0.4, 0.5) is 4.79 Å². The van der Waals surface area contributed by atoms with E-state index in [2.05, 4.69) is 61.6 Å². The molecule has 1 atom stereocenters. The minimum absolute atomic E-state index is 0.0483. The van der Waals surface area contributed by atoms with Gasteiger partial charge in [0.1, 0.15) is 12.6 Å². The number of rotatable bonds is 6. The minimum atomic E-state index is -0.993. The normalized spacial score (nSPS) is 24.4. The first-order valence-electron chi connectivity index (χ1n) is 12.2. The third kappa shape index (κ3) is 3.21. The fourth-order valence-corrected chi connectivity index (χ4v) is 7.02. The molecule has 0 aromatic heterocycles. The van der Waals surface area contributed by atoms with Crippen molar-refractivity contribution < 1.29 is 19.4 Å². The lowest BCUT2D eigenvalue weighted by molar-refractivity contribution is -0.183. The SMILES string of the molecule is Cc1cccc(C23CC(C(NC(=O)OCC4c5ccccc5-c5ccccc54)C(=O)O)(C2)C3)c1C. The van der Waals surface area contributed by atoms with E-state index in [0.29, 0.717) is 0 Å². The smallest absolute Gasteiger partial charge is 0.407 e. The molecule has 0 heterocycles. The van der Waals surface area contributed by atoms with Crippen LogP contribution in [0.1, 0.15) is 53.0 Å². The first-order chi connectivity index (χ1) is 16.8. The van der Waals surface area contributed by atoms with E-state index >= 15 is 0 Å². The zero-order valence-corrected chi connectivity index (χ0v) is 20.0. The summed E-state index contributed by atoms with van der Waals surface area (Å²) in [6, 6.07) is 21.7. The van der Waals surface area contributed by atoms with Crippen molar-refractivity contribution >= 4 is 12.1 Å². The van der Waals surface area contributed by atoms with E-state index in [0.717, 1.165) is 41.5 Å². The molecule has 178 valence electrons. The van der Waals surface area contributed by atoms with Crippen molar-refractivity contribution in [1.29, 1.82) is 0 Å². The van der Waals surface area contributed by atoms with Crippen molar-refractivity contribution in [2.24, 2.45) is 5.41 Å². The zero-order valence-electron chi connectivity index (χ0n) is 20.0. The molecule has 3 aromatic rings. The number of carbonyl (C=O) groups is 2. The highest BCUT2D eigenvalue weighted by Crippen LogP contribution is 2.75. The molecule has 1 unspecified atom stereocenters. The maximum atomic E-state index is 12.8. The Bertz CT molecular complexity index is 1290. The Hall–Kier alpha value is -3.60. The van der Waals surface area contributed by atoms with E-state index in [1.165, 1.54) is 16.7 Å². The number of nitrogens with one attached hydrogen (secondary N) is 1. The van der Waals surface area contributed by atoms with Gasteiger partial charge in [-0.1, -0.05) is 66.7 Å². The number of carbonyl (C=O) groups excluding carboxylic acids is 1. The number of aliphatic carboxylic acids is 1. The molecule has 0 saturated heterocycles. The van der Waals surface area contributed by atoms with Crippen molar-refractivity contribution in [1.82, 2.24) is 5.32 Å². The Morgan fingerprint density at radius 1 is 0.943 bits per heavy atom. The molecule has 5 heteroatoms. The lowest BCUT2D eigenvalue weighted by Crippen LogP contribution is -2.73. The van der Waals surface area contributed by atoms with E-state index < -0.39 is 23.5 Å². The molecular weight excluding hydrogens is 438 g/mol. The molecule has 5 nitrogen and oxygen atoms in total. The summed E-state index contributed by atoms with van der Waals surface area (Å²) in [5.41, 5.74) is 8.10. The number of benzene rings is 3. The second kappa shape index (κ2) is 7.70. The summed E-state index contributed by atoms with van der Waals surface area (Å²) >= 11 is 0. The van der Waals surface area contributed by atoms with E-state index in [1.807, 2.05) is 24.3 Å². The van der Waals surface area contributed by atoms with Gasteiger partial charge in [0.15, 0.2) is 0 Å². The van der Waals surface area contributed by atoms with Crippen LogP contribution in [-0.4, -0.2) is 29.8 Å². The van der Waals surface area contributed by atoms with Crippen LogP contribution in [0.15, 0.2) is 66.7 Å². The van der Waals surface area contributed by atoms with Crippen molar-refractivity contribution in [2.45, 2.75) is 50.5 Å². The molecule has 4 aliphatic rings. The van der Waals surface area contributed by atoms with Crippen LogP contribution in [0.5, 0.6) is 0 Å². The molecule has 2 bridgehead atoms. The van der Waals surface area contributed by atoms with Gasteiger partial charge in [0, 0.05) is 11.3 Å². The molecule has 4 aliphatic carbocycles. The fourth-order valence-electron chi connectivity index (χ4n) is 7.02. The Morgan fingerprint density at radius 2 is 1.54 bits per heavy atom. The lowest BCUT2D eigenvalue weighted by Gasteiger charge is -2.73. The van der Waals surface area contributed by atoms with Gasteiger partial charge in [-0.25, -0.2) is 9.59 Å². The molecule has 0 aliphatic heterocycles. The van der Waals surface area contributed by atoms with Gasteiger partial charge in [0.05, 0.1) is 0 Å². The first-order valence-corrected chi connectivity index (χ1v) is 12.2. The Balaban J connectivity index is 1.14. The maximum Gasteiger partial charge on any atom is 0.407 e. The summed E-state index contributed by atoms with van der Waals surface area (Å²) in [6.07, 6.45) is 1.69. The second-order valence-electron chi connectivity index (χ2n) is 10.7. The molecule has 3 fully saturated rings. The summed E-state index contributed by atoms with van der Waals surface area (Å²) in [7, 11) is 0. The first kappa shape index (κ1) is 21.9. The molecular formula is C30H29NO4. The number of carboxylic acid groups (broad SMARTS) is 1. The van der Waals surface area contributed by atoms with Crippen molar-refractivity contribution in [3.05, 3.63) is 94.5 Å². The number of alkyl carbamates (subject to hydrolysis) is 1. The highest BCUT2D eigenvalue weighted by Gasteiger charge is 2.72. The van der Waals surface area contributed by atoms with Gasteiger partial charge < -0.3 is 15.2 Å². The largest absolute Gasteiger partial charge is 0.480 e. The summed E-state index contributed by atoms with van der Waals surface area (Å²) in [6.45, 7) is 4.42. The fraction of sp³-hybridized carbons (Fsp3) is 0.333. The van der Waals surface area contributed by atoms with Gasteiger partial charge >= 0.3 is 12.1 Å². The number of amides is 1. The Morgan fingerprint density at radius 3 is 2.14 bits per heavy atom. The predicted molar refractivity (Wildman–Crippen MR) is 134 cm³/mol. The standard InChI is InChI=1S/C30H29NO4/c1-18-8-7-13-25(19(18)2)29-15-30(16-29,17-29)26(27(32)33)31-28(34)35-14-24-22-11-5-3-9-20(22)21-10-4-6-12-23(21)24/h3-13,24,26H,14-17H2,1-2H3,(H,31,34)(H,32,33). The van der Waals surface area contributed by atoms with Gasteiger partial charge in [0.25, 0.3) is 0 Å². The monoisotopic (exact) mass is 467 g/mol. The van der Waals surface area contributed by atoms with Crippen molar-refractivity contribution in [3.63, 3.8) is 0 Å². The summed E-state index contributed by atoms with van der Waals surface area (Å²) in [5.74, 6) is -1.05. The quantitative estimate of drug-likeness (QED) is 0.486. The van der Waals surface area contributed by atoms with Crippen molar-refractivity contribution in [3.8, 4) is 11.1 Å². The molecule has 7 rings (SSSR count). The number of hydrogen-bond acceptors (Lipinski definition) is 3. The third-order valence-electron chi connectivity index (χ3n) is 8.71. The van der Waals surface area contributed by atoms with Gasteiger partial charge in [-0.05, 0) is 77.5 Å². The van der Waals surface area contributed by atoms with Crippen LogP contribution in [0.3, 0.4) is 0 Å². The number of fused-ring (bicyclic) bond motifs is 3. The number of ether oxygens (including phenoxy) is 1. The summed E-state index contributed by atoms with van der Waals surface area (Å²) in [5, 5.41) is 12.7. The topological polar surface area (TPSA) is 75.6 Å². The van der Waals surface area contributed by atoms with Crippen molar-refractivity contribution in [2.75, 3.05) is 6.61 Å². The average molecular weight is 468 g/mol. The van der Waals surface area contributed by atoms with E-state index in [-0.39, 0.29) is 17.9 Å². The minimum Gasteiger partial charge on any atom is -0.480 e. The Labute approximate surface area is 205 Å². The highest BCUT2D eigenvalue weighted by molar-refractivity contribution is 5.82. The van der Waals surface area contributed by atoms with Gasteiger partial charge in [-0.15, -0.1) is 0 Å². The lowest BCUT2D eigenvalue weighted by atomic mass is 9.31. The van der Waals surface area contributed by atoms with Gasteiger partial charge in [-0.3, -0.25) is 0 Å². The van der Waals surface area contributed by atoms with Crippen LogP contribution in [0.25, 0.3) is 11.1 Å². The number of aryl methyl sites for hydroxylation is 1. The third-order valence-corrected chi connectivity index (χ3v) is 8.71. The van der Waals surface area contributed by atoms with Crippen LogP contribution >= 0.6 is 0 Å². The van der Waals surface area contributed by atoms with Gasteiger partial charge in [0.2, 0.25) is 0 Å². The molecule has 0 radical (unpaired) electrons. The van der Waals surface area contributed by atoms with Crippen LogP contribution in [0, 0.1) is 19.3 Å². The van der Waals surface area contributed by atoms with E-state index in [1.54, 1.807) is 0 Å². The molecule has 1 amide bonds. The molecule has 2 N–H and O–H groups in total. The average Bonchev–Trinajstić information content (AvgIpc) is 3.11. The zero-order chi connectivity index (χ0) is 24.4. The number of carboxylic acids is 1. The molecule has 35 heavy (non-hydrogen) atoms. The molecule has 3 saturated carbocycles. The molecule has 0 spiro atoms. The summed E-state index contributed by atoms with van der Waals surface area (Å²) in [4.78, 5) is 25.0. The number of hydrogen-bond donors (Lipinski definition) is 2. The van der Waals surface area contributed by atoms with E-state index in [4.69, 9.17) is 4.74 Å².